The third kappa shape index (κ3) is 14.1. The summed E-state index contributed by atoms with van der Waals surface area (Å²) in [6.45, 7) is 18.3. The minimum Gasteiger partial charge on any atom is -0.399 e. The lowest BCUT2D eigenvalue weighted by Gasteiger charge is -2.21. The fourth-order valence-electron chi connectivity index (χ4n) is 7.25. The molecular formula is C36H70N2O4. The van der Waals surface area contributed by atoms with E-state index >= 15 is 0 Å². The van der Waals surface area contributed by atoms with Crippen molar-refractivity contribution in [3.05, 3.63) is 0 Å². The van der Waals surface area contributed by atoms with Gasteiger partial charge in [-0.3, -0.25) is 0 Å². The van der Waals surface area contributed by atoms with E-state index in [2.05, 4.69) is 65.7 Å². The molecule has 0 N–H and O–H groups in total. The Morgan fingerprint density at radius 1 is 0.595 bits per heavy atom. The van der Waals surface area contributed by atoms with E-state index in [9.17, 15) is 0 Å². The quantitative estimate of drug-likeness (QED) is 0.262. The molecule has 6 heteroatoms. The highest BCUT2D eigenvalue weighted by molar-refractivity contribution is 5.88. The van der Waals surface area contributed by atoms with Crippen molar-refractivity contribution in [1.29, 1.82) is 0 Å². The Morgan fingerprint density at radius 3 is 1.69 bits per heavy atom. The van der Waals surface area contributed by atoms with Crippen LogP contribution in [0, 0.1) is 47.3 Å². The molecule has 6 nitrogen and oxygen atoms in total. The van der Waals surface area contributed by atoms with E-state index in [4.69, 9.17) is 19.1 Å². The van der Waals surface area contributed by atoms with Gasteiger partial charge in [0.15, 0.2) is 0 Å². The molecule has 0 amide bonds. The SMILES string of the molecule is CO/N=C1\CCC(C(C)C)C1.CO/N=C1\CCCC1C(C)C.COC1CCC(C(C)C)C1.COC1CCCC1C(C)C. The van der Waals surface area contributed by atoms with Gasteiger partial charge in [0, 0.05) is 20.1 Å². The molecule has 6 unspecified atom stereocenters. The topological polar surface area (TPSA) is 61.6 Å². The van der Waals surface area contributed by atoms with Crippen molar-refractivity contribution in [2.45, 2.75) is 145 Å². The summed E-state index contributed by atoms with van der Waals surface area (Å²) >= 11 is 0. The van der Waals surface area contributed by atoms with E-state index in [0.29, 0.717) is 24.0 Å². The van der Waals surface area contributed by atoms with E-state index in [-0.39, 0.29) is 0 Å². The maximum atomic E-state index is 5.39. The van der Waals surface area contributed by atoms with Crippen molar-refractivity contribution >= 4 is 11.4 Å². The summed E-state index contributed by atoms with van der Waals surface area (Å²) in [5.41, 5.74) is 2.51. The van der Waals surface area contributed by atoms with E-state index in [1.54, 1.807) is 14.2 Å². The second kappa shape index (κ2) is 21.5. The molecule has 42 heavy (non-hydrogen) atoms. The van der Waals surface area contributed by atoms with Gasteiger partial charge in [-0.25, -0.2) is 0 Å². The standard InChI is InChI=1S/2C9H17NO.2C9H18O/c1-7(2)8-4-5-9(6-8)10-11-3;1-7(2)8-5-4-6-9(8)10-11-3;1-7(2)8-4-5-9(6-8)10-3;1-7(2)8-5-4-6-9(8)10-3/h2*7-8H,4-6H2,1-3H3;2*7-9H,4-6H2,1-3H3/b2*10-9+;;. The van der Waals surface area contributed by atoms with Gasteiger partial charge in [0.2, 0.25) is 0 Å². The summed E-state index contributed by atoms with van der Waals surface area (Å²) in [4.78, 5) is 9.54. The van der Waals surface area contributed by atoms with Gasteiger partial charge in [0.25, 0.3) is 0 Å². The van der Waals surface area contributed by atoms with Gasteiger partial charge in [-0.2, -0.15) is 0 Å². The summed E-state index contributed by atoms with van der Waals surface area (Å²) < 4.78 is 10.7. The zero-order chi connectivity index (χ0) is 31.7. The van der Waals surface area contributed by atoms with Crippen LogP contribution < -0.4 is 0 Å². The van der Waals surface area contributed by atoms with Crippen LogP contribution in [0.1, 0.15) is 132 Å². The molecule has 4 fully saturated rings. The Morgan fingerprint density at radius 2 is 1.26 bits per heavy atom. The Balaban J connectivity index is 0.000000280. The maximum Gasteiger partial charge on any atom is 0.106 e. The molecule has 0 aromatic rings. The lowest BCUT2D eigenvalue weighted by atomic mass is 9.93. The van der Waals surface area contributed by atoms with Crippen LogP contribution in [0.3, 0.4) is 0 Å². The van der Waals surface area contributed by atoms with Gasteiger partial charge in [-0.15, -0.1) is 0 Å². The maximum absolute atomic E-state index is 5.39. The summed E-state index contributed by atoms with van der Waals surface area (Å²) in [7, 11) is 6.91. The van der Waals surface area contributed by atoms with Crippen LogP contribution in [-0.2, 0) is 19.1 Å². The van der Waals surface area contributed by atoms with Crippen molar-refractivity contribution in [2.24, 2.45) is 57.7 Å². The van der Waals surface area contributed by atoms with Gasteiger partial charge in [0.05, 0.1) is 23.6 Å². The minimum atomic E-state index is 0.556. The van der Waals surface area contributed by atoms with E-state index in [1.807, 2.05) is 14.2 Å². The summed E-state index contributed by atoms with van der Waals surface area (Å²) in [6, 6.07) is 0. The number of nitrogens with zero attached hydrogens (tertiary/aromatic N) is 2. The predicted molar refractivity (Wildman–Crippen MR) is 179 cm³/mol. The summed E-state index contributed by atoms with van der Waals surface area (Å²) in [6.07, 6.45) is 16.3. The van der Waals surface area contributed by atoms with Gasteiger partial charge < -0.3 is 19.1 Å². The van der Waals surface area contributed by atoms with Crippen LogP contribution in [0.2, 0.25) is 0 Å². The molecule has 4 saturated carbocycles. The first-order chi connectivity index (χ1) is 20.0. The monoisotopic (exact) mass is 595 g/mol. The number of hydrogen-bond acceptors (Lipinski definition) is 6. The van der Waals surface area contributed by atoms with E-state index < -0.39 is 0 Å². The van der Waals surface area contributed by atoms with Crippen molar-refractivity contribution in [3.8, 4) is 0 Å². The number of hydrogen-bond donors (Lipinski definition) is 0. The first-order valence-corrected chi connectivity index (χ1v) is 17.2. The molecule has 6 atom stereocenters. The third-order valence-corrected chi connectivity index (χ3v) is 10.2. The Kier molecular flexibility index (Phi) is 19.9. The second-order valence-corrected chi connectivity index (χ2v) is 14.4. The molecule has 0 aromatic heterocycles. The lowest BCUT2D eigenvalue weighted by molar-refractivity contribution is 0.0541. The van der Waals surface area contributed by atoms with Crippen molar-refractivity contribution < 1.29 is 19.1 Å². The van der Waals surface area contributed by atoms with Crippen LogP contribution in [-0.4, -0.2) is 52.1 Å². The number of oxime groups is 2. The van der Waals surface area contributed by atoms with Crippen LogP contribution >= 0.6 is 0 Å². The van der Waals surface area contributed by atoms with E-state index in [0.717, 1.165) is 54.8 Å². The van der Waals surface area contributed by atoms with Gasteiger partial charge >= 0.3 is 0 Å². The van der Waals surface area contributed by atoms with Crippen molar-refractivity contribution in [2.75, 3.05) is 28.4 Å². The molecular weight excluding hydrogens is 524 g/mol. The molecule has 4 aliphatic rings. The smallest absolute Gasteiger partial charge is 0.106 e. The number of methoxy groups -OCH3 is 2. The molecule has 248 valence electrons. The first-order valence-electron chi connectivity index (χ1n) is 17.2. The zero-order valence-corrected chi connectivity index (χ0v) is 29.8. The van der Waals surface area contributed by atoms with Crippen molar-refractivity contribution in [1.82, 2.24) is 0 Å². The molecule has 4 aliphatic carbocycles. The highest BCUT2D eigenvalue weighted by atomic mass is 16.6. The molecule has 0 saturated heterocycles. The average molecular weight is 595 g/mol. The predicted octanol–water partition coefficient (Wildman–Crippen LogP) is 9.80. The fraction of sp³-hybridized carbons (Fsp3) is 0.944. The van der Waals surface area contributed by atoms with Crippen LogP contribution in [0.5, 0.6) is 0 Å². The fourth-order valence-corrected chi connectivity index (χ4v) is 7.25. The highest BCUT2D eigenvalue weighted by Crippen LogP contribution is 2.34. The molecule has 0 bridgehead atoms. The van der Waals surface area contributed by atoms with Gasteiger partial charge in [-0.05, 0) is 112 Å². The molecule has 0 spiro atoms. The summed E-state index contributed by atoms with van der Waals surface area (Å²) in [5, 5.41) is 8.02. The van der Waals surface area contributed by atoms with Crippen LogP contribution in [0.4, 0.5) is 0 Å². The first kappa shape index (κ1) is 38.9. The highest BCUT2D eigenvalue weighted by Gasteiger charge is 2.29. The van der Waals surface area contributed by atoms with Crippen LogP contribution in [0.15, 0.2) is 10.3 Å². The zero-order valence-electron chi connectivity index (χ0n) is 29.8. The Hall–Kier alpha value is -1.14. The molecule has 4 rings (SSSR count). The second-order valence-electron chi connectivity index (χ2n) is 14.4. The van der Waals surface area contributed by atoms with Crippen LogP contribution in [0.25, 0.3) is 0 Å². The van der Waals surface area contributed by atoms with Gasteiger partial charge in [-0.1, -0.05) is 72.1 Å². The third-order valence-electron chi connectivity index (χ3n) is 10.2. The average Bonchev–Trinajstić information content (AvgIpc) is 3.76. The Labute approximate surface area is 261 Å². The van der Waals surface area contributed by atoms with Gasteiger partial charge in [0.1, 0.15) is 14.2 Å². The number of rotatable bonds is 8. The summed E-state index contributed by atoms with van der Waals surface area (Å²) in [5.74, 6) is 6.41. The van der Waals surface area contributed by atoms with E-state index in [1.165, 1.54) is 69.2 Å². The van der Waals surface area contributed by atoms with Crippen molar-refractivity contribution in [3.63, 3.8) is 0 Å². The molecule has 0 radical (unpaired) electrons. The Bertz CT molecular complexity index is 749. The normalized spacial score (nSPS) is 30.9. The minimum absolute atomic E-state index is 0.556. The number of ether oxygens (including phenoxy) is 2. The molecule has 0 aromatic carbocycles. The lowest BCUT2D eigenvalue weighted by Crippen LogP contribution is -2.20. The molecule has 0 aliphatic heterocycles. The largest absolute Gasteiger partial charge is 0.399 e. The molecule has 0 heterocycles.